The maximum atomic E-state index is 10.6. The van der Waals surface area contributed by atoms with Gasteiger partial charge in [0, 0.05) is 38.3 Å². The molecule has 0 aliphatic rings. The number of fused-ring (bicyclic) bond motifs is 9. The van der Waals surface area contributed by atoms with Crippen LogP contribution in [-0.4, -0.2) is 13.7 Å². The Morgan fingerprint density at radius 3 is 1.60 bits per heavy atom. The fraction of sp³-hybridized carbons (Fsp3) is 0. The second-order valence-electron chi connectivity index (χ2n) is 14.3. The Morgan fingerprint density at radius 1 is 0.421 bits per heavy atom. The van der Waals surface area contributed by atoms with E-state index in [9.17, 15) is 5.26 Å². The number of para-hydroxylation sites is 5. The van der Waals surface area contributed by atoms with Crippen molar-refractivity contribution in [1.82, 2.24) is 13.7 Å². The van der Waals surface area contributed by atoms with Crippen molar-refractivity contribution >= 4 is 76.8 Å². The van der Waals surface area contributed by atoms with Crippen LogP contribution in [0.4, 0.5) is 11.4 Å². The third-order valence-corrected chi connectivity index (χ3v) is 11.3. The minimum atomic E-state index is 0.487. The van der Waals surface area contributed by atoms with Gasteiger partial charge in [-0.25, -0.2) is 9.69 Å². The van der Waals surface area contributed by atoms with Crippen LogP contribution in [-0.2, 0) is 0 Å². The fourth-order valence-electron chi connectivity index (χ4n) is 8.90. The summed E-state index contributed by atoms with van der Waals surface area (Å²) in [5, 5.41) is 17.1. The maximum absolute atomic E-state index is 10.6. The van der Waals surface area contributed by atoms with Crippen LogP contribution < -0.4 is 0 Å². The molecule has 0 atom stereocenters. The van der Waals surface area contributed by atoms with Crippen LogP contribution in [0.1, 0.15) is 5.56 Å². The summed E-state index contributed by atoms with van der Waals surface area (Å²) in [6.07, 6.45) is 0. The van der Waals surface area contributed by atoms with E-state index in [1.54, 1.807) is 0 Å². The average Bonchev–Trinajstić information content (AvgIpc) is 3.91. The van der Waals surface area contributed by atoms with E-state index in [1.165, 1.54) is 10.8 Å². The van der Waals surface area contributed by atoms with Gasteiger partial charge in [0.25, 0.3) is 0 Å². The Kier molecular flexibility index (Phi) is 6.95. The highest BCUT2D eigenvalue weighted by Gasteiger charge is 2.21. The highest BCUT2D eigenvalue weighted by atomic mass is 15.0. The van der Waals surface area contributed by atoms with E-state index in [4.69, 9.17) is 13.1 Å². The van der Waals surface area contributed by atoms with E-state index in [0.29, 0.717) is 16.9 Å². The quantitative estimate of drug-likeness (QED) is 0.167. The topological polar surface area (TPSA) is 47.3 Å². The number of hydrogen-bond acceptors (Lipinski definition) is 1. The van der Waals surface area contributed by atoms with Crippen molar-refractivity contribution in [2.24, 2.45) is 0 Å². The highest BCUT2D eigenvalue weighted by molar-refractivity contribution is 6.13. The van der Waals surface area contributed by atoms with Gasteiger partial charge in [-0.2, -0.15) is 5.26 Å². The minimum absolute atomic E-state index is 0.487. The second kappa shape index (κ2) is 12.3. The summed E-state index contributed by atoms with van der Waals surface area (Å²) in [7, 11) is 0. The predicted octanol–water partition coefficient (Wildman–Crippen LogP) is 13.6. The molecule has 0 amide bonds. The van der Waals surface area contributed by atoms with Crippen molar-refractivity contribution in [3.05, 3.63) is 198 Å². The molecule has 0 radical (unpaired) electrons. The number of aromatic nitrogens is 3. The van der Waals surface area contributed by atoms with E-state index in [-0.39, 0.29) is 0 Å². The third-order valence-electron chi connectivity index (χ3n) is 11.3. The molecule has 0 unspecified atom stereocenters. The Hall–Kier alpha value is -8.37. The lowest BCUT2D eigenvalue weighted by Crippen LogP contribution is -2.00. The molecule has 8 aromatic carbocycles. The molecule has 262 valence electrons. The predicted molar refractivity (Wildman–Crippen MR) is 232 cm³/mol. The Morgan fingerprint density at radius 2 is 0.982 bits per heavy atom. The summed E-state index contributed by atoms with van der Waals surface area (Å²) in [5.74, 6) is 0. The molecule has 0 spiro atoms. The van der Waals surface area contributed by atoms with Gasteiger partial charge in [-0.1, -0.05) is 103 Å². The average molecular weight is 725 g/mol. The summed E-state index contributed by atoms with van der Waals surface area (Å²) in [6.45, 7) is 16.0. The molecule has 11 aromatic rings. The summed E-state index contributed by atoms with van der Waals surface area (Å²) < 4.78 is 6.73. The van der Waals surface area contributed by atoms with E-state index in [1.807, 2.05) is 60.7 Å². The van der Waals surface area contributed by atoms with Crippen molar-refractivity contribution in [2.45, 2.75) is 0 Å². The van der Waals surface area contributed by atoms with Gasteiger partial charge in [0.1, 0.15) is 0 Å². The molecule has 11 rings (SSSR count). The molecular formula is C51H28N6. The molecule has 0 saturated carbocycles. The standard InChI is InChI=1S/C51H28N6/c1-53-34-22-25-49-43(29-34)41-15-6-10-21-48(41)57(49)51-37(16-11-17-44(51)54-2)33-26-32(31-52)27-36(28-33)56-47-20-9-5-14-40(47)42-24-23-35(30-50(42)56)55-45-18-7-3-12-38(45)39-13-4-8-19-46(39)55/h3-30H. The Bertz CT molecular complexity index is 3580. The number of nitrogens with zero attached hydrogens (tertiary/aromatic N) is 6. The van der Waals surface area contributed by atoms with Gasteiger partial charge in [0.05, 0.1) is 63.6 Å². The number of nitriles is 1. The molecule has 57 heavy (non-hydrogen) atoms. The van der Waals surface area contributed by atoms with Gasteiger partial charge in [0.15, 0.2) is 5.69 Å². The van der Waals surface area contributed by atoms with E-state index < -0.39 is 0 Å². The SMILES string of the molecule is [C-]#[N+]c1ccc2c(c1)c1ccccc1n2-c1c([N+]#[C-])cccc1-c1cc(C#N)cc(-n2c3ccccc3c3ccc(-n4c5ccccc5c5ccccc54)cc32)c1. The fourth-order valence-corrected chi connectivity index (χ4v) is 8.90. The number of rotatable bonds is 4. The molecular weight excluding hydrogens is 697 g/mol. The third kappa shape index (κ3) is 4.68. The van der Waals surface area contributed by atoms with Crippen LogP contribution in [0.3, 0.4) is 0 Å². The van der Waals surface area contributed by atoms with Gasteiger partial charge >= 0.3 is 0 Å². The van der Waals surface area contributed by atoms with E-state index >= 15 is 0 Å². The smallest absolute Gasteiger partial charge is 0.211 e. The first kappa shape index (κ1) is 32.1. The molecule has 3 aromatic heterocycles. The van der Waals surface area contributed by atoms with Crippen LogP contribution in [0.25, 0.3) is 103 Å². The van der Waals surface area contributed by atoms with Crippen LogP contribution in [0.2, 0.25) is 0 Å². The summed E-state index contributed by atoms with van der Waals surface area (Å²) >= 11 is 0. The van der Waals surface area contributed by atoms with Crippen LogP contribution in [0, 0.1) is 24.5 Å². The normalized spacial score (nSPS) is 11.5. The summed E-state index contributed by atoms with van der Waals surface area (Å²) in [5.41, 5.74) is 12.0. The number of benzene rings is 8. The molecule has 0 saturated heterocycles. The first-order chi connectivity index (χ1) is 28.1. The zero-order chi connectivity index (χ0) is 38.2. The zero-order valence-corrected chi connectivity index (χ0v) is 30.3. The number of hydrogen-bond donors (Lipinski definition) is 0. The lowest BCUT2D eigenvalue weighted by atomic mass is 9.99. The monoisotopic (exact) mass is 724 g/mol. The van der Waals surface area contributed by atoms with E-state index in [0.717, 1.165) is 82.8 Å². The van der Waals surface area contributed by atoms with Crippen LogP contribution in [0.5, 0.6) is 0 Å². The molecule has 0 bridgehead atoms. The second-order valence-corrected chi connectivity index (χ2v) is 14.3. The summed E-state index contributed by atoms with van der Waals surface area (Å²) in [6, 6.07) is 60.2. The van der Waals surface area contributed by atoms with Gasteiger partial charge in [-0.05, 0) is 83.2 Å². The lowest BCUT2D eigenvalue weighted by molar-refractivity contribution is 1.15. The van der Waals surface area contributed by atoms with Crippen molar-refractivity contribution in [3.63, 3.8) is 0 Å². The Labute approximate surface area is 327 Å². The molecule has 6 nitrogen and oxygen atoms in total. The zero-order valence-electron chi connectivity index (χ0n) is 30.3. The van der Waals surface area contributed by atoms with Gasteiger partial charge in [0.2, 0.25) is 5.69 Å². The summed E-state index contributed by atoms with van der Waals surface area (Å²) in [4.78, 5) is 7.75. The molecule has 0 fully saturated rings. The highest BCUT2D eigenvalue weighted by Crippen LogP contribution is 2.43. The molecule has 0 aliphatic carbocycles. The van der Waals surface area contributed by atoms with Gasteiger partial charge in [-0.3, -0.25) is 0 Å². The van der Waals surface area contributed by atoms with Gasteiger partial charge < -0.3 is 13.7 Å². The van der Waals surface area contributed by atoms with E-state index in [2.05, 4.69) is 139 Å². The van der Waals surface area contributed by atoms with Crippen molar-refractivity contribution in [3.8, 4) is 34.3 Å². The molecule has 6 heteroatoms. The van der Waals surface area contributed by atoms with Crippen LogP contribution in [0.15, 0.2) is 170 Å². The van der Waals surface area contributed by atoms with Crippen LogP contribution >= 0.6 is 0 Å². The van der Waals surface area contributed by atoms with Crippen molar-refractivity contribution in [1.29, 1.82) is 5.26 Å². The van der Waals surface area contributed by atoms with Crippen molar-refractivity contribution < 1.29 is 0 Å². The molecule has 0 N–H and O–H groups in total. The minimum Gasteiger partial charge on any atom is -0.318 e. The Balaban J connectivity index is 1.19. The first-order valence-corrected chi connectivity index (χ1v) is 18.6. The molecule has 0 aliphatic heterocycles. The lowest BCUT2D eigenvalue weighted by Gasteiger charge is -2.18. The maximum Gasteiger partial charge on any atom is 0.211 e. The first-order valence-electron chi connectivity index (χ1n) is 18.6. The van der Waals surface area contributed by atoms with Crippen molar-refractivity contribution in [2.75, 3.05) is 0 Å². The van der Waals surface area contributed by atoms with Gasteiger partial charge in [-0.15, -0.1) is 0 Å². The molecule has 3 heterocycles. The largest absolute Gasteiger partial charge is 0.318 e.